The fourth-order valence-corrected chi connectivity index (χ4v) is 6.12. The lowest BCUT2D eigenvalue weighted by molar-refractivity contribution is 0.307. The Labute approximate surface area is 222 Å². The van der Waals surface area contributed by atoms with Crippen molar-refractivity contribution in [3.8, 4) is 22.3 Å². The molecule has 0 amide bonds. The minimum Gasteiger partial charge on any atom is -0.342 e. The van der Waals surface area contributed by atoms with Crippen LogP contribution in [0, 0.1) is 0 Å². The maximum atomic E-state index is 4.93. The fourth-order valence-electron chi connectivity index (χ4n) is 6.12. The zero-order valence-electron chi connectivity index (χ0n) is 22.1. The highest BCUT2D eigenvalue weighted by molar-refractivity contribution is 6.05. The number of aromatic nitrogens is 4. The molecule has 38 heavy (non-hydrogen) atoms. The molecule has 6 aromatic rings. The lowest BCUT2D eigenvalue weighted by atomic mass is 9.93. The van der Waals surface area contributed by atoms with Crippen molar-refractivity contribution >= 4 is 32.8 Å². The SMILES string of the molecule is CCCCc1nc2ccc(-c3cccc4c(-c5ccc6nc(C7CCCN7C)[nH]c6c5)cccc34)cc2[nH]1. The van der Waals surface area contributed by atoms with E-state index in [1.54, 1.807) is 0 Å². The van der Waals surface area contributed by atoms with E-state index in [1.165, 1.54) is 52.3 Å². The molecule has 0 radical (unpaired) electrons. The average Bonchev–Trinajstić information content (AvgIpc) is 3.67. The van der Waals surface area contributed by atoms with Gasteiger partial charge in [0.15, 0.2) is 0 Å². The van der Waals surface area contributed by atoms with Crippen LogP contribution in [0.4, 0.5) is 0 Å². The molecule has 4 aromatic carbocycles. The first-order valence-corrected chi connectivity index (χ1v) is 13.9. The predicted octanol–water partition coefficient (Wildman–Crippen LogP) is 8.04. The van der Waals surface area contributed by atoms with Crippen molar-refractivity contribution in [3.05, 3.63) is 84.4 Å². The molecule has 5 nitrogen and oxygen atoms in total. The van der Waals surface area contributed by atoms with Gasteiger partial charge >= 0.3 is 0 Å². The van der Waals surface area contributed by atoms with Gasteiger partial charge < -0.3 is 9.97 Å². The maximum Gasteiger partial charge on any atom is 0.124 e. The van der Waals surface area contributed by atoms with Crippen LogP contribution in [-0.2, 0) is 6.42 Å². The lowest BCUT2D eigenvalue weighted by Crippen LogP contribution is -2.18. The zero-order chi connectivity index (χ0) is 25.6. The summed E-state index contributed by atoms with van der Waals surface area (Å²) in [5.74, 6) is 2.17. The number of rotatable bonds is 6. The van der Waals surface area contributed by atoms with Crippen LogP contribution in [-0.4, -0.2) is 38.4 Å². The number of aryl methyl sites for hydroxylation is 1. The molecule has 1 aliphatic heterocycles. The minimum absolute atomic E-state index is 0.390. The summed E-state index contributed by atoms with van der Waals surface area (Å²) < 4.78 is 0. The van der Waals surface area contributed by atoms with Crippen LogP contribution < -0.4 is 0 Å². The van der Waals surface area contributed by atoms with E-state index in [0.717, 1.165) is 53.1 Å². The Morgan fingerprint density at radius 1 is 0.816 bits per heavy atom. The molecular formula is C33H33N5. The van der Waals surface area contributed by atoms with Gasteiger partial charge in [-0.1, -0.05) is 61.9 Å². The number of H-pyrrole nitrogens is 2. The minimum atomic E-state index is 0.390. The average molecular weight is 500 g/mol. The van der Waals surface area contributed by atoms with Crippen LogP contribution in [0.25, 0.3) is 55.1 Å². The lowest BCUT2D eigenvalue weighted by Gasteiger charge is -2.16. The quantitative estimate of drug-likeness (QED) is 0.244. The van der Waals surface area contributed by atoms with E-state index in [-0.39, 0.29) is 0 Å². The van der Waals surface area contributed by atoms with Crippen LogP contribution >= 0.6 is 0 Å². The second kappa shape index (κ2) is 9.41. The van der Waals surface area contributed by atoms with Crippen molar-refractivity contribution in [1.29, 1.82) is 0 Å². The molecule has 5 heteroatoms. The van der Waals surface area contributed by atoms with Crippen LogP contribution in [0.1, 0.15) is 50.3 Å². The van der Waals surface area contributed by atoms with Crippen molar-refractivity contribution in [2.45, 2.75) is 45.1 Å². The summed E-state index contributed by atoms with van der Waals surface area (Å²) in [4.78, 5) is 19.3. The molecule has 3 heterocycles. The molecule has 1 atom stereocenters. The van der Waals surface area contributed by atoms with Gasteiger partial charge in [0.05, 0.1) is 28.1 Å². The molecule has 190 valence electrons. The molecular weight excluding hydrogens is 466 g/mol. The van der Waals surface area contributed by atoms with Crippen LogP contribution in [0.2, 0.25) is 0 Å². The van der Waals surface area contributed by atoms with E-state index in [0.29, 0.717) is 6.04 Å². The Morgan fingerprint density at radius 3 is 2.11 bits per heavy atom. The third kappa shape index (κ3) is 3.98. The fraction of sp³-hybridized carbons (Fsp3) is 0.273. The molecule has 7 rings (SSSR count). The molecule has 0 aliphatic carbocycles. The van der Waals surface area contributed by atoms with Gasteiger partial charge in [-0.05, 0) is 90.1 Å². The first-order valence-electron chi connectivity index (χ1n) is 13.9. The van der Waals surface area contributed by atoms with Crippen molar-refractivity contribution in [2.75, 3.05) is 13.6 Å². The molecule has 0 saturated carbocycles. The third-order valence-electron chi connectivity index (χ3n) is 8.18. The molecule has 1 aliphatic rings. The summed E-state index contributed by atoms with van der Waals surface area (Å²) in [6, 6.07) is 26.9. The molecule has 1 unspecified atom stereocenters. The third-order valence-corrected chi connectivity index (χ3v) is 8.18. The van der Waals surface area contributed by atoms with E-state index < -0.39 is 0 Å². The first-order chi connectivity index (χ1) is 18.7. The van der Waals surface area contributed by atoms with E-state index in [2.05, 4.69) is 102 Å². The van der Waals surface area contributed by atoms with Crippen molar-refractivity contribution < 1.29 is 0 Å². The molecule has 0 bridgehead atoms. The number of likely N-dealkylation sites (tertiary alicyclic amines) is 1. The number of hydrogen-bond donors (Lipinski definition) is 2. The van der Waals surface area contributed by atoms with E-state index >= 15 is 0 Å². The smallest absolute Gasteiger partial charge is 0.124 e. The summed E-state index contributed by atoms with van der Waals surface area (Å²) >= 11 is 0. The number of aromatic amines is 2. The van der Waals surface area contributed by atoms with Gasteiger partial charge in [0.2, 0.25) is 0 Å². The van der Waals surface area contributed by atoms with Gasteiger partial charge in [-0.15, -0.1) is 0 Å². The Morgan fingerprint density at radius 2 is 1.47 bits per heavy atom. The number of hydrogen-bond acceptors (Lipinski definition) is 3. The Kier molecular flexibility index (Phi) is 5.74. The highest BCUT2D eigenvalue weighted by atomic mass is 15.2. The summed E-state index contributed by atoms with van der Waals surface area (Å²) in [7, 11) is 2.19. The second-order valence-electron chi connectivity index (χ2n) is 10.7. The van der Waals surface area contributed by atoms with E-state index in [9.17, 15) is 0 Å². The topological polar surface area (TPSA) is 60.6 Å². The number of nitrogens with one attached hydrogen (secondary N) is 2. The van der Waals surface area contributed by atoms with Crippen LogP contribution in [0.15, 0.2) is 72.8 Å². The summed E-state index contributed by atoms with van der Waals surface area (Å²) in [6.45, 7) is 3.35. The highest BCUT2D eigenvalue weighted by Gasteiger charge is 2.25. The zero-order valence-corrected chi connectivity index (χ0v) is 22.1. The number of imidazole rings is 2. The van der Waals surface area contributed by atoms with Gasteiger partial charge in [-0.3, -0.25) is 4.90 Å². The van der Waals surface area contributed by atoms with Crippen molar-refractivity contribution in [2.24, 2.45) is 0 Å². The Bertz CT molecular complexity index is 1780. The van der Waals surface area contributed by atoms with Crippen molar-refractivity contribution in [1.82, 2.24) is 24.8 Å². The second-order valence-corrected chi connectivity index (χ2v) is 10.7. The number of unbranched alkanes of at least 4 members (excludes halogenated alkanes) is 1. The highest BCUT2D eigenvalue weighted by Crippen LogP contribution is 2.37. The summed E-state index contributed by atoms with van der Waals surface area (Å²) in [6.07, 6.45) is 5.72. The van der Waals surface area contributed by atoms with E-state index in [1.807, 2.05) is 0 Å². The van der Waals surface area contributed by atoms with Gasteiger partial charge in [0.1, 0.15) is 11.6 Å². The van der Waals surface area contributed by atoms with Crippen LogP contribution in [0.3, 0.4) is 0 Å². The van der Waals surface area contributed by atoms with E-state index in [4.69, 9.17) is 9.97 Å². The Balaban J connectivity index is 1.29. The number of nitrogens with zero attached hydrogens (tertiary/aromatic N) is 3. The molecule has 2 N–H and O–H groups in total. The monoisotopic (exact) mass is 499 g/mol. The number of benzene rings is 4. The normalized spacial score (nSPS) is 16.3. The summed E-state index contributed by atoms with van der Waals surface area (Å²) in [5, 5.41) is 2.51. The molecule has 0 spiro atoms. The van der Waals surface area contributed by atoms with Gasteiger partial charge in [0.25, 0.3) is 0 Å². The molecule has 2 aromatic heterocycles. The largest absolute Gasteiger partial charge is 0.342 e. The van der Waals surface area contributed by atoms with Crippen molar-refractivity contribution in [3.63, 3.8) is 0 Å². The predicted molar refractivity (Wildman–Crippen MR) is 157 cm³/mol. The van der Waals surface area contributed by atoms with Gasteiger partial charge in [0, 0.05) is 6.42 Å². The van der Waals surface area contributed by atoms with Gasteiger partial charge in [-0.25, -0.2) is 9.97 Å². The Hall–Kier alpha value is -3.96. The standard InChI is InChI=1S/C33H33N5/c1-3-4-13-32-34-27-16-14-21(19-29(27)35-32)23-8-5-11-26-24(9-6-10-25(23)26)22-15-17-28-30(20-22)37-33(36-28)31-12-7-18-38(31)2/h5-6,8-11,14-17,19-20,31H,3-4,7,12-13,18H2,1-2H3,(H,34,35)(H,36,37). The molecule has 1 saturated heterocycles. The first kappa shape index (κ1) is 23.2. The van der Waals surface area contributed by atoms with Crippen LogP contribution in [0.5, 0.6) is 0 Å². The summed E-state index contributed by atoms with van der Waals surface area (Å²) in [5.41, 5.74) is 9.19. The molecule has 1 fully saturated rings. The maximum absolute atomic E-state index is 4.93. The van der Waals surface area contributed by atoms with Gasteiger partial charge in [-0.2, -0.15) is 0 Å². The number of fused-ring (bicyclic) bond motifs is 3.